The van der Waals surface area contributed by atoms with Crippen molar-refractivity contribution in [2.24, 2.45) is 17.1 Å². The maximum atomic E-state index is 13.0. The second-order valence-corrected chi connectivity index (χ2v) is 8.35. The minimum absolute atomic E-state index is 0.106. The number of fused-ring (bicyclic) bond motifs is 1. The van der Waals surface area contributed by atoms with Gasteiger partial charge in [0, 0.05) is 11.3 Å². The number of benzene rings is 1. The first-order chi connectivity index (χ1) is 13.1. The van der Waals surface area contributed by atoms with Gasteiger partial charge in [-0.2, -0.15) is 13.2 Å². The van der Waals surface area contributed by atoms with Crippen molar-refractivity contribution in [1.82, 2.24) is 0 Å². The highest BCUT2D eigenvalue weighted by Gasteiger charge is 2.44. The maximum absolute atomic E-state index is 13.0. The molecule has 1 fully saturated rings. The van der Waals surface area contributed by atoms with E-state index in [9.17, 15) is 13.2 Å². The lowest BCUT2D eigenvalue weighted by molar-refractivity contribution is -0.137. The van der Waals surface area contributed by atoms with Crippen LogP contribution in [0.3, 0.4) is 0 Å². The van der Waals surface area contributed by atoms with Gasteiger partial charge in [0.15, 0.2) is 0 Å². The highest BCUT2D eigenvalue weighted by Crippen LogP contribution is 2.55. The molecule has 3 rings (SSSR count). The molecule has 0 amide bonds. The lowest BCUT2D eigenvalue weighted by atomic mass is 9.67. The molecule has 2 unspecified atom stereocenters. The van der Waals surface area contributed by atoms with Crippen LogP contribution in [0.1, 0.15) is 56.2 Å². The zero-order valence-corrected chi connectivity index (χ0v) is 16.6. The molecular formula is C24H28F3N. The highest BCUT2D eigenvalue weighted by molar-refractivity contribution is 5.64. The summed E-state index contributed by atoms with van der Waals surface area (Å²) < 4.78 is 39.1. The topological polar surface area (TPSA) is 26.0 Å². The molecule has 1 aromatic rings. The van der Waals surface area contributed by atoms with Crippen molar-refractivity contribution in [3.05, 3.63) is 76.9 Å². The molecule has 0 bridgehead atoms. The fourth-order valence-electron chi connectivity index (χ4n) is 4.88. The van der Waals surface area contributed by atoms with Crippen LogP contribution >= 0.6 is 0 Å². The number of halogens is 3. The normalized spacial score (nSPS) is 24.8. The first kappa shape index (κ1) is 20.5. The van der Waals surface area contributed by atoms with E-state index < -0.39 is 11.7 Å². The van der Waals surface area contributed by atoms with Crippen molar-refractivity contribution >= 4 is 5.70 Å². The van der Waals surface area contributed by atoms with Gasteiger partial charge >= 0.3 is 6.18 Å². The first-order valence-electron chi connectivity index (χ1n) is 9.74. The van der Waals surface area contributed by atoms with Crippen molar-refractivity contribution in [2.45, 2.75) is 52.1 Å². The average Bonchev–Trinajstić information content (AvgIpc) is 2.93. The quantitative estimate of drug-likeness (QED) is 0.590. The summed E-state index contributed by atoms with van der Waals surface area (Å²) in [7, 11) is 0. The van der Waals surface area contributed by atoms with E-state index in [1.807, 2.05) is 6.08 Å². The standard InChI is InChI=1S/C24H28F3N/c1-5-17-14-23(4)19(10-11-20(23)12-15(17)2)8-6-18-7-9-21(24(25,26)27)13-22(18)16(3)28/h5,7,9,12-13,19H,1,3,6,8,10-11,14,28H2,2,4H3. The predicted octanol–water partition coefficient (Wildman–Crippen LogP) is 6.82. The summed E-state index contributed by atoms with van der Waals surface area (Å²) in [6, 6.07) is 3.83. The van der Waals surface area contributed by atoms with Crippen LogP contribution in [0.5, 0.6) is 0 Å². The lowest BCUT2D eigenvalue weighted by Gasteiger charge is -2.37. The lowest BCUT2D eigenvalue weighted by Crippen LogP contribution is -2.27. The smallest absolute Gasteiger partial charge is 0.399 e. The molecule has 2 atom stereocenters. The van der Waals surface area contributed by atoms with Crippen LogP contribution in [0, 0.1) is 11.3 Å². The van der Waals surface area contributed by atoms with Crippen molar-refractivity contribution in [3.63, 3.8) is 0 Å². The second-order valence-electron chi connectivity index (χ2n) is 8.35. The van der Waals surface area contributed by atoms with Crippen molar-refractivity contribution in [2.75, 3.05) is 0 Å². The molecule has 2 aliphatic carbocycles. The number of hydrogen-bond donors (Lipinski definition) is 1. The number of nitrogens with two attached hydrogens (primary N) is 1. The van der Waals surface area contributed by atoms with Crippen LogP contribution in [-0.4, -0.2) is 0 Å². The van der Waals surface area contributed by atoms with Crippen molar-refractivity contribution in [1.29, 1.82) is 0 Å². The van der Waals surface area contributed by atoms with E-state index in [0.29, 0.717) is 17.9 Å². The summed E-state index contributed by atoms with van der Waals surface area (Å²) in [6.07, 6.45) is 4.69. The summed E-state index contributed by atoms with van der Waals surface area (Å²) in [5, 5.41) is 0. The fraction of sp³-hybridized carbons (Fsp3) is 0.417. The Balaban J connectivity index is 1.81. The van der Waals surface area contributed by atoms with Crippen LogP contribution < -0.4 is 5.73 Å². The maximum Gasteiger partial charge on any atom is 0.416 e. The van der Waals surface area contributed by atoms with Gasteiger partial charge in [-0.25, -0.2) is 0 Å². The Morgan fingerprint density at radius 2 is 2.07 bits per heavy atom. The summed E-state index contributed by atoms with van der Waals surface area (Å²) in [5.74, 6) is 0.489. The molecular weight excluding hydrogens is 359 g/mol. The molecule has 0 aliphatic heterocycles. The third-order valence-electron chi connectivity index (χ3n) is 6.64. The van der Waals surface area contributed by atoms with Gasteiger partial charge in [-0.1, -0.05) is 43.9 Å². The van der Waals surface area contributed by atoms with Crippen LogP contribution in [0.2, 0.25) is 0 Å². The van der Waals surface area contributed by atoms with Crippen LogP contribution in [-0.2, 0) is 12.6 Å². The number of alkyl halides is 3. The molecule has 1 saturated carbocycles. The minimum atomic E-state index is -4.38. The number of allylic oxidation sites excluding steroid dienone is 5. The van der Waals surface area contributed by atoms with E-state index in [1.165, 1.54) is 16.7 Å². The predicted molar refractivity (Wildman–Crippen MR) is 109 cm³/mol. The largest absolute Gasteiger partial charge is 0.416 e. The van der Waals surface area contributed by atoms with Gasteiger partial charge in [-0.15, -0.1) is 0 Å². The molecule has 2 aliphatic rings. The van der Waals surface area contributed by atoms with Gasteiger partial charge in [0.05, 0.1) is 5.56 Å². The van der Waals surface area contributed by atoms with Gasteiger partial charge in [-0.3, -0.25) is 0 Å². The van der Waals surface area contributed by atoms with E-state index in [-0.39, 0.29) is 11.1 Å². The Hall–Kier alpha value is -2.23. The molecule has 28 heavy (non-hydrogen) atoms. The molecule has 4 heteroatoms. The Bertz CT molecular complexity index is 872. The summed E-state index contributed by atoms with van der Waals surface area (Å²) in [5.41, 5.74) is 10.8. The Labute approximate surface area is 165 Å². The second kappa shape index (κ2) is 7.31. The Morgan fingerprint density at radius 3 is 2.68 bits per heavy atom. The summed E-state index contributed by atoms with van der Waals surface area (Å²) >= 11 is 0. The van der Waals surface area contributed by atoms with Gasteiger partial charge < -0.3 is 5.73 Å². The van der Waals surface area contributed by atoms with E-state index in [0.717, 1.165) is 43.4 Å². The van der Waals surface area contributed by atoms with E-state index in [2.05, 4.69) is 33.1 Å². The SMILES string of the molecule is C=CC1=C(C)C=C2CCC(CCc3ccc(C(F)(F)F)cc3C(=C)N)C2(C)C1. The molecule has 1 nitrogen and oxygen atoms in total. The van der Waals surface area contributed by atoms with Gasteiger partial charge in [0.2, 0.25) is 0 Å². The Morgan fingerprint density at radius 1 is 1.36 bits per heavy atom. The van der Waals surface area contributed by atoms with E-state index >= 15 is 0 Å². The highest BCUT2D eigenvalue weighted by atomic mass is 19.4. The molecule has 1 aromatic carbocycles. The zero-order chi connectivity index (χ0) is 20.7. The van der Waals surface area contributed by atoms with E-state index in [1.54, 1.807) is 6.07 Å². The van der Waals surface area contributed by atoms with Gasteiger partial charge in [0.1, 0.15) is 0 Å². The Kier molecular flexibility index (Phi) is 5.35. The van der Waals surface area contributed by atoms with Crippen molar-refractivity contribution < 1.29 is 13.2 Å². The summed E-state index contributed by atoms with van der Waals surface area (Å²) in [6.45, 7) is 12.1. The number of rotatable bonds is 5. The van der Waals surface area contributed by atoms with E-state index in [4.69, 9.17) is 5.73 Å². The monoisotopic (exact) mass is 387 g/mol. The first-order valence-corrected chi connectivity index (χ1v) is 9.74. The third-order valence-corrected chi connectivity index (χ3v) is 6.64. The fourth-order valence-corrected chi connectivity index (χ4v) is 4.88. The number of aryl methyl sites for hydroxylation is 1. The molecule has 0 saturated heterocycles. The zero-order valence-electron chi connectivity index (χ0n) is 16.6. The third kappa shape index (κ3) is 3.69. The molecule has 2 N–H and O–H groups in total. The van der Waals surface area contributed by atoms with Gasteiger partial charge in [-0.05, 0) is 79.2 Å². The molecule has 0 aromatic heterocycles. The summed E-state index contributed by atoms with van der Waals surface area (Å²) in [4.78, 5) is 0. The van der Waals surface area contributed by atoms with Gasteiger partial charge in [0.25, 0.3) is 0 Å². The average molecular weight is 387 g/mol. The molecule has 0 heterocycles. The molecule has 0 radical (unpaired) electrons. The molecule has 0 spiro atoms. The minimum Gasteiger partial charge on any atom is -0.399 e. The van der Waals surface area contributed by atoms with Crippen molar-refractivity contribution in [3.8, 4) is 0 Å². The van der Waals surface area contributed by atoms with Crippen LogP contribution in [0.4, 0.5) is 13.2 Å². The van der Waals surface area contributed by atoms with Crippen LogP contribution in [0.15, 0.2) is 60.2 Å². The van der Waals surface area contributed by atoms with Crippen LogP contribution in [0.25, 0.3) is 5.70 Å². The molecule has 150 valence electrons. The number of hydrogen-bond acceptors (Lipinski definition) is 1.